The fourth-order valence-corrected chi connectivity index (χ4v) is 2.18. The molecule has 0 amide bonds. The molecule has 3 N–H and O–H groups in total. The fourth-order valence-electron chi connectivity index (χ4n) is 1.46. The Morgan fingerprint density at radius 3 is 2.88 bits per heavy atom. The number of nitrogen functional groups attached to an aromatic ring is 1. The normalized spacial score (nSPS) is 12.4. The van der Waals surface area contributed by atoms with Crippen LogP contribution in [0.15, 0.2) is 6.07 Å². The number of rotatable bonds is 7. The second kappa shape index (κ2) is 7.34. The van der Waals surface area contributed by atoms with E-state index in [1.807, 2.05) is 11.8 Å². The molecule has 0 aromatic carbocycles. The molecule has 6 heteroatoms. The second-order valence-electron chi connectivity index (χ2n) is 3.73. The second-order valence-corrected chi connectivity index (χ2v) is 4.64. The smallest absolute Gasteiger partial charge is 0.158 e. The van der Waals surface area contributed by atoms with Gasteiger partial charge in [0.15, 0.2) is 5.82 Å². The minimum atomic E-state index is 0.374. The highest BCUT2D eigenvalue weighted by molar-refractivity contribution is 7.98. The molecule has 5 nitrogen and oxygen atoms in total. The molecule has 1 unspecified atom stereocenters. The van der Waals surface area contributed by atoms with Crippen LogP contribution in [0.2, 0.25) is 0 Å². The van der Waals surface area contributed by atoms with Crippen LogP contribution >= 0.6 is 11.8 Å². The van der Waals surface area contributed by atoms with Gasteiger partial charge in [0.05, 0.1) is 0 Å². The Kier molecular flexibility index (Phi) is 6.07. The van der Waals surface area contributed by atoms with E-state index in [0.29, 0.717) is 24.3 Å². The van der Waals surface area contributed by atoms with Gasteiger partial charge in [0, 0.05) is 25.0 Å². The quantitative estimate of drug-likeness (QED) is 0.774. The van der Waals surface area contributed by atoms with Crippen molar-refractivity contribution in [1.29, 1.82) is 0 Å². The van der Waals surface area contributed by atoms with Gasteiger partial charge in [0.2, 0.25) is 0 Å². The number of hydrogen-bond donors (Lipinski definition) is 2. The summed E-state index contributed by atoms with van der Waals surface area (Å²) in [7, 11) is 1.61. The number of nitrogens with one attached hydrogen (secondary N) is 1. The molecular formula is C11H20N4OS. The number of hydrogen-bond acceptors (Lipinski definition) is 6. The molecule has 1 atom stereocenters. The van der Waals surface area contributed by atoms with Gasteiger partial charge >= 0.3 is 0 Å². The highest BCUT2D eigenvalue weighted by atomic mass is 32.2. The molecule has 0 aliphatic carbocycles. The SMILES string of the molecule is CCC(CSC)Nc1cc(N)nc(COC)n1. The standard InChI is InChI=1S/C11H20N4OS/c1-4-8(7-17-3)13-10-5-9(12)14-11(15-10)6-16-2/h5,8H,4,6-7H2,1-3H3,(H3,12,13,14,15). The maximum Gasteiger partial charge on any atom is 0.158 e. The van der Waals surface area contributed by atoms with Crippen LogP contribution in [-0.4, -0.2) is 35.1 Å². The largest absolute Gasteiger partial charge is 0.384 e. The zero-order valence-corrected chi connectivity index (χ0v) is 11.4. The van der Waals surface area contributed by atoms with E-state index in [9.17, 15) is 0 Å². The van der Waals surface area contributed by atoms with Crippen molar-refractivity contribution >= 4 is 23.4 Å². The molecule has 0 fully saturated rings. The summed E-state index contributed by atoms with van der Waals surface area (Å²) in [5.74, 6) is 2.88. The Bertz CT molecular complexity index is 348. The first-order valence-corrected chi connectivity index (χ1v) is 6.96. The van der Waals surface area contributed by atoms with Crippen molar-refractivity contribution < 1.29 is 4.74 Å². The van der Waals surface area contributed by atoms with Gasteiger partial charge in [-0.3, -0.25) is 0 Å². The zero-order valence-electron chi connectivity index (χ0n) is 10.6. The topological polar surface area (TPSA) is 73.1 Å². The van der Waals surface area contributed by atoms with E-state index < -0.39 is 0 Å². The molecule has 0 bridgehead atoms. The molecule has 17 heavy (non-hydrogen) atoms. The molecule has 1 rings (SSSR count). The van der Waals surface area contributed by atoms with Crippen molar-refractivity contribution in [2.75, 3.05) is 30.2 Å². The summed E-state index contributed by atoms with van der Waals surface area (Å²) in [5, 5.41) is 3.36. The Labute approximate surface area is 107 Å². The summed E-state index contributed by atoms with van der Waals surface area (Å²) >= 11 is 1.81. The van der Waals surface area contributed by atoms with Gasteiger partial charge in [-0.15, -0.1) is 0 Å². The van der Waals surface area contributed by atoms with Gasteiger partial charge in [-0.1, -0.05) is 6.92 Å². The number of anilines is 2. The Morgan fingerprint density at radius 2 is 2.29 bits per heavy atom. The lowest BCUT2D eigenvalue weighted by atomic mass is 10.2. The molecule has 0 aliphatic heterocycles. The lowest BCUT2D eigenvalue weighted by Crippen LogP contribution is -2.22. The average molecular weight is 256 g/mol. The van der Waals surface area contributed by atoms with Crippen LogP contribution in [0.25, 0.3) is 0 Å². The highest BCUT2D eigenvalue weighted by Gasteiger charge is 2.08. The molecular weight excluding hydrogens is 236 g/mol. The first-order valence-electron chi connectivity index (χ1n) is 5.57. The van der Waals surface area contributed by atoms with E-state index in [0.717, 1.165) is 18.0 Å². The van der Waals surface area contributed by atoms with Gasteiger partial charge in [-0.05, 0) is 12.7 Å². The van der Waals surface area contributed by atoms with Gasteiger partial charge in [0.1, 0.15) is 18.2 Å². The van der Waals surface area contributed by atoms with Crippen LogP contribution in [0.5, 0.6) is 0 Å². The van der Waals surface area contributed by atoms with Crippen molar-refractivity contribution in [3.8, 4) is 0 Å². The number of nitrogens with zero attached hydrogens (tertiary/aromatic N) is 2. The van der Waals surface area contributed by atoms with Gasteiger partial charge in [0.25, 0.3) is 0 Å². The van der Waals surface area contributed by atoms with E-state index in [-0.39, 0.29) is 0 Å². The van der Waals surface area contributed by atoms with Crippen molar-refractivity contribution in [3.05, 3.63) is 11.9 Å². The molecule has 1 heterocycles. The van der Waals surface area contributed by atoms with Crippen molar-refractivity contribution in [3.63, 3.8) is 0 Å². The third kappa shape index (κ3) is 4.79. The number of nitrogens with two attached hydrogens (primary N) is 1. The number of ether oxygens (including phenoxy) is 1. The Hall–Kier alpha value is -1.01. The maximum atomic E-state index is 5.73. The molecule has 1 aromatic heterocycles. The molecule has 0 saturated carbocycles. The molecule has 0 saturated heterocycles. The summed E-state index contributed by atoms with van der Waals surface area (Å²) < 4.78 is 5.00. The van der Waals surface area contributed by atoms with Gasteiger partial charge in [-0.2, -0.15) is 11.8 Å². The zero-order chi connectivity index (χ0) is 12.7. The van der Waals surface area contributed by atoms with Crippen LogP contribution in [0.3, 0.4) is 0 Å². The number of aromatic nitrogens is 2. The fraction of sp³-hybridized carbons (Fsp3) is 0.636. The highest BCUT2D eigenvalue weighted by Crippen LogP contribution is 2.13. The molecule has 0 aliphatic rings. The lowest BCUT2D eigenvalue weighted by molar-refractivity contribution is 0.178. The first-order chi connectivity index (χ1) is 8.19. The van der Waals surface area contributed by atoms with Crippen LogP contribution < -0.4 is 11.1 Å². The minimum absolute atomic E-state index is 0.374. The van der Waals surface area contributed by atoms with Crippen LogP contribution in [0.4, 0.5) is 11.6 Å². The number of methoxy groups -OCH3 is 1. The van der Waals surface area contributed by atoms with E-state index in [1.165, 1.54) is 0 Å². The van der Waals surface area contributed by atoms with Crippen LogP contribution in [-0.2, 0) is 11.3 Å². The predicted molar refractivity (Wildman–Crippen MR) is 73.2 cm³/mol. The van der Waals surface area contributed by atoms with Gasteiger partial charge in [-0.25, -0.2) is 9.97 Å². The van der Waals surface area contributed by atoms with E-state index in [2.05, 4.69) is 28.5 Å². The minimum Gasteiger partial charge on any atom is -0.384 e. The van der Waals surface area contributed by atoms with Crippen molar-refractivity contribution in [2.45, 2.75) is 26.0 Å². The van der Waals surface area contributed by atoms with E-state index in [1.54, 1.807) is 13.2 Å². The first kappa shape index (κ1) is 14.1. The molecule has 0 spiro atoms. The summed E-state index contributed by atoms with van der Waals surface area (Å²) in [4.78, 5) is 8.46. The third-order valence-corrected chi connectivity index (χ3v) is 3.01. The maximum absolute atomic E-state index is 5.73. The summed E-state index contributed by atoms with van der Waals surface area (Å²) in [6.45, 7) is 2.52. The third-order valence-electron chi connectivity index (χ3n) is 2.28. The lowest BCUT2D eigenvalue weighted by Gasteiger charge is -2.16. The monoisotopic (exact) mass is 256 g/mol. The Balaban J connectivity index is 2.75. The average Bonchev–Trinajstić information content (AvgIpc) is 2.28. The summed E-state index contributed by atoms with van der Waals surface area (Å²) in [6, 6.07) is 2.15. The summed E-state index contributed by atoms with van der Waals surface area (Å²) in [6.07, 6.45) is 3.14. The predicted octanol–water partition coefficient (Wildman–Crippen LogP) is 1.76. The molecule has 0 radical (unpaired) electrons. The number of thioether (sulfide) groups is 1. The van der Waals surface area contributed by atoms with Crippen molar-refractivity contribution in [2.24, 2.45) is 0 Å². The molecule has 96 valence electrons. The van der Waals surface area contributed by atoms with Crippen LogP contribution in [0, 0.1) is 0 Å². The van der Waals surface area contributed by atoms with Crippen molar-refractivity contribution in [1.82, 2.24) is 9.97 Å². The van der Waals surface area contributed by atoms with Crippen LogP contribution in [0.1, 0.15) is 19.2 Å². The Morgan fingerprint density at radius 1 is 1.53 bits per heavy atom. The molecule has 1 aromatic rings. The van der Waals surface area contributed by atoms with E-state index >= 15 is 0 Å². The van der Waals surface area contributed by atoms with Gasteiger partial charge < -0.3 is 15.8 Å². The summed E-state index contributed by atoms with van der Waals surface area (Å²) in [5.41, 5.74) is 5.73. The van der Waals surface area contributed by atoms with E-state index in [4.69, 9.17) is 10.5 Å².